The Balaban J connectivity index is 2.23. The van der Waals surface area contributed by atoms with E-state index in [2.05, 4.69) is 4.74 Å². The van der Waals surface area contributed by atoms with Gasteiger partial charge in [-0.1, -0.05) is 6.07 Å². The molecule has 1 heterocycles. The topological polar surface area (TPSA) is 88.8 Å². The molecule has 0 aliphatic rings. The lowest BCUT2D eigenvalue weighted by Gasteiger charge is -2.13. The molecule has 0 N–H and O–H groups in total. The maximum Gasteiger partial charge on any atom is 0.330 e. The summed E-state index contributed by atoms with van der Waals surface area (Å²) < 4.78 is 17.9. The van der Waals surface area contributed by atoms with E-state index in [1.807, 2.05) is 0 Å². The van der Waals surface area contributed by atoms with Crippen molar-refractivity contribution in [3.63, 3.8) is 0 Å². The molecular formula is C18H20N2O6. The summed E-state index contributed by atoms with van der Waals surface area (Å²) in [5.41, 5.74) is 0.337. The van der Waals surface area contributed by atoms with Crippen molar-refractivity contribution in [3.05, 3.63) is 62.4 Å². The third kappa shape index (κ3) is 4.21. The van der Waals surface area contributed by atoms with Crippen molar-refractivity contribution in [2.24, 2.45) is 14.1 Å². The zero-order valence-electron chi connectivity index (χ0n) is 15.0. The monoisotopic (exact) mass is 360 g/mol. The lowest BCUT2D eigenvalue weighted by molar-refractivity contribution is -0.134. The van der Waals surface area contributed by atoms with Crippen LogP contribution in [0.15, 0.2) is 39.9 Å². The quantitative estimate of drug-likeness (QED) is 0.561. The van der Waals surface area contributed by atoms with Gasteiger partial charge in [0.25, 0.3) is 5.56 Å². The minimum absolute atomic E-state index is 0.0233. The molecule has 0 aliphatic carbocycles. The summed E-state index contributed by atoms with van der Waals surface area (Å²) in [5, 5.41) is 0. The number of ether oxygens (including phenoxy) is 3. The Kier molecular flexibility index (Phi) is 6.00. The van der Waals surface area contributed by atoms with E-state index in [1.165, 1.54) is 38.0 Å². The predicted octanol–water partition coefficient (Wildman–Crippen LogP) is 0.858. The number of hydrogen-bond donors (Lipinski definition) is 0. The van der Waals surface area contributed by atoms with Gasteiger partial charge < -0.3 is 14.2 Å². The second-order valence-electron chi connectivity index (χ2n) is 5.43. The Labute approximate surface area is 149 Å². The summed E-state index contributed by atoms with van der Waals surface area (Å²) in [6.07, 6.45) is 2.88. The number of nitrogens with zero attached hydrogens (tertiary/aromatic N) is 2. The number of carbonyl (C=O) groups is 1. The number of carbonyl (C=O) groups excluding carboxylic acids is 1. The zero-order chi connectivity index (χ0) is 19.3. The van der Waals surface area contributed by atoms with Crippen LogP contribution in [0.5, 0.6) is 11.5 Å². The first kappa shape index (κ1) is 19.0. The zero-order valence-corrected chi connectivity index (χ0v) is 15.0. The molecule has 0 radical (unpaired) electrons. The van der Waals surface area contributed by atoms with E-state index in [0.717, 1.165) is 10.1 Å². The molecule has 26 heavy (non-hydrogen) atoms. The van der Waals surface area contributed by atoms with Crippen LogP contribution in [0.3, 0.4) is 0 Å². The minimum atomic E-state index is -0.462. The summed E-state index contributed by atoms with van der Waals surface area (Å²) in [6.45, 7) is 0.0233. The summed E-state index contributed by atoms with van der Waals surface area (Å²) >= 11 is 0. The van der Waals surface area contributed by atoms with Crippen LogP contribution in [0, 0.1) is 0 Å². The molecule has 0 saturated heterocycles. The van der Waals surface area contributed by atoms with Crippen molar-refractivity contribution in [1.29, 1.82) is 0 Å². The third-order valence-corrected chi connectivity index (χ3v) is 3.80. The van der Waals surface area contributed by atoms with Gasteiger partial charge in [-0.15, -0.1) is 0 Å². The van der Waals surface area contributed by atoms with Gasteiger partial charge in [0.05, 0.1) is 19.9 Å². The molecule has 0 saturated carbocycles. The fourth-order valence-corrected chi connectivity index (χ4v) is 2.21. The molecular weight excluding hydrogens is 340 g/mol. The van der Waals surface area contributed by atoms with Crippen LogP contribution < -0.4 is 20.7 Å². The number of hydrogen-bond acceptors (Lipinski definition) is 6. The number of methoxy groups -OCH3 is 2. The predicted molar refractivity (Wildman–Crippen MR) is 95.3 cm³/mol. The van der Waals surface area contributed by atoms with Crippen LogP contribution in [-0.2, 0) is 30.2 Å². The molecule has 2 rings (SSSR count). The van der Waals surface area contributed by atoms with Crippen LogP contribution in [0.4, 0.5) is 0 Å². The van der Waals surface area contributed by atoms with Crippen molar-refractivity contribution >= 4 is 12.0 Å². The lowest BCUT2D eigenvalue weighted by Crippen LogP contribution is -2.38. The molecule has 0 unspecified atom stereocenters. The highest BCUT2D eigenvalue weighted by molar-refractivity contribution is 5.87. The Bertz CT molecular complexity index is 955. The van der Waals surface area contributed by atoms with Crippen LogP contribution in [0.1, 0.15) is 11.3 Å². The summed E-state index contributed by atoms with van der Waals surface area (Å²) in [5.74, 6) is 0.428. The van der Waals surface area contributed by atoms with Gasteiger partial charge in [0.1, 0.15) is 6.61 Å². The Hall–Kier alpha value is -3.29. The number of benzene rings is 1. The average molecular weight is 360 g/mol. The maximum atomic E-state index is 11.9. The molecule has 8 heteroatoms. The first-order valence-electron chi connectivity index (χ1n) is 7.70. The molecule has 0 aliphatic heterocycles. The van der Waals surface area contributed by atoms with Crippen molar-refractivity contribution < 1.29 is 19.0 Å². The molecule has 0 amide bonds. The van der Waals surface area contributed by atoms with Gasteiger partial charge in [0.2, 0.25) is 0 Å². The van der Waals surface area contributed by atoms with Crippen molar-refractivity contribution in [2.45, 2.75) is 6.61 Å². The normalized spacial score (nSPS) is 10.8. The van der Waals surface area contributed by atoms with Crippen LogP contribution in [0.2, 0.25) is 0 Å². The fraction of sp³-hybridized carbons (Fsp3) is 0.278. The molecule has 8 nitrogen and oxygen atoms in total. The van der Waals surface area contributed by atoms with E-state index in [4.69, 9.17) is 9.47 Å². The number of esters is 1. The molecule has 1 aromatic carbocycles. The average Bonchev–Trinajstić information content (AvgIpc) is 2.66. The van der Waals surface area contributed by atoms with E-state index >= 15 is 0 Å². The van der Waals surface area contributed by atoms with Gasteiger partial charge in [0.15, 0.2) is 11.5 Å². The summed E-state index contributed by atoms with van der Waals surface area (Å²) in [7, 11) is 5.77. The van der Waals surface area contributed by atoms with Crippen molar-refractivity contribution in [3.8, 4) is 11.5 Å². The Morgan fingerprint density at radius 2 is 1.81 bits per heavy atom. The van der Waals surface area contributed by atoms with Crippen LogP contribution in [-0.4, -0.2) is 29.3 Å². The second-order valence-corrected chi connectivity index (χ2v) is 5.43. The van der Waals surface area contributed by atoms with E-state index in [0.29, 0.717) is 17.2 Å². The molecule has 0 atom stereocenters. The molecule has 138 valence electrons. The van der Waals surface area contributed by atoms with Gasteiger partial charge in [-0.3, -0.25) is 13.9 Å². The highest BCUT2D eigenvalue weighted by Gasteiger charge is 2.09. The summed E-state index contributed by atoms with van der Waals surface area (Å²) in [6, 6.07) is 6.45. The molecule has 0 spiro atoms. The Morgan fingerprint density at radius 3 is 2.46 bits per heavy atom. The maximum absolute atomic E-state index is 11.9. The molecule has 0 bridgehead atoms. The fourth-order valence-electron chi connectivity index (χ4n) is 2.21. The highest BCUT2D eigenvalue weighted by Crippen LogP contribution is 2.29. The van der Waals surface area contributed by atoms with Crippen LogP contribution in [0.25, 0.3) is 6.08 Å². The van der Waals surface area contributed by atoms with E-state index in [1.54, 1.807) is 31.3 Å². The van der Waals surface area contributed by atoms with E-state index in [-0.39, 0.29) is 6.61 Å². The van der Waals surface area contributed by atoms with Crippen molar-refractivity contribution in [1.82, 2.24) is 9.13 Å². The van der Waals surface area contributed by atoms with Gasteiger partial charge in [-0.05, 0) is 23.8 Å². The lowest BCUT2D eigenvalue weighted by atomic mass is 10.2. The Morgan fingerprint density at radius 1 is 1.08 bits per heavy atom. The SMILES string of the molecule is COC(=O)C=Cc1ccc(OCc2cc(=O)n(C)c(=O)n2C)c(OC)c1. The van der Waals surface area contributed by atoms with E-state index in [9.17, 15) is 14.4 Å². The van der Waals surface area contributed by atoms with Crippen LogP contribution >= 0.6 is 0 Å². The highest BCUT2D eigenvalue weighted by atomic mass is 16.5. The first-order chi connectivity index (χ1) is 12.4. The second kappa shape index (κ2) is 8.19. The molecule has 2 aromatic rings. The van der Waals surface area contributed by atoms with Gasteiger partial charge in [0, 0.05) is 26.2 Å². The molecule has 0 fully saturated rings. The number of aromatic nitrogens is 2. The van der Waals surface area contributed by atoms with Gasteiger partial charge in [-0.25, -0.2) is 9.59 Å². The smallest absolute Gasteiger partial charge is 0.330 e. The minimum Gasteiger partial charge on any atom is -0.493 e. The van der Waals surface area contributed by atoms with Crippen molar-refractivity contribution in [2.75, 3.05) is 14.2 Å². The number of rotatable bonds is 6. The molecule has 1 aromatic heterocycles. The summed E-state index contributed by atoms with van der Waals surface area (Å²) in [4.78, 5) is 34.9. The van der Waals surface area contributed by atoms with E-state index < -0.39 is 17.2 Å². The van der Waals surface area contributed by atoms with Gasteiger partial charge in [-0.2, -0.15) is 0 Å². The first-order valence-corrected chi connectivity index (χ1v) is 7.70. The standard InChI is InChI=1S/C18H20N2O6/c1-19-13(10-16(21)20(2)18(19)23)11-26-14-7-5-12(9-15(14)24-3)6-8-17(22)25-4/h5-10H,11H2,1-4H3. The van der Waals surface area contributed by atoms with Gasteiger partial charge >= 0.3 is 11.7 Å². The third-order valence-electron chi connectivity index (χ3n) is 3.80. The largest absolute Gasteiger partial charge is 0.493 e.